The minimum Gasteiger partial charge on any atom is -0.481 e. The van der Waals surface area contributed by atoms with E-state index in [2.05, 4.69) is 5.32 Å². The number of halogens is 1. The third-order valence-electron chi connectivity index (χ3n) is 1.66. The quantitative estimate of drug-likeness (QED) is 0.852. The molecule has 0 radical (unpaired) electrons. The number of nitrogens with one attached hydrogen (secondary N) is 1. The summed E-state index contributed by atoms with van der Waals surface area (Å²) in [5, 5.41) is 10.2. The van der Waals surface area contributed by atoms with E-state index < -0.39 is 17.0 Å². The molecule has 0 unspecified atom stereocenters. The number of amides is 1. The summed E-state index contributed by atoms with van der Waals surface area (Å²) in [6.07, 6.45) is -0.102. The van der Waals surface area contributed by atoms with Gasteiger partial charge in [-0.1, -0.05) is 23.9 Å². The first-order valence-corrected chi connectivity index (χ1v) is 5.48. The number of anilines is 1. The van der Waals surface area contributed by atoms with Crippen LogP contribution in [-0.2, 0) is 4.79 Å². The second-order valence-electron chi connectivity index (χ2n) is 2.88. The number of carbonyl (C=O) groups excluding carboxylic acids is 1. The zero-order chi connectivity index (χ0) is 12.0. The van der Waals surface area contributed by atoms with Crippen molar-refractivity contribution < 1.29 is 19.1 Å². The number of carbonyl (C=O) groups is 2. The van der Waals surface area contributed by atoms with E-state index >= 15 is 0 Å². The lowest BCUT2D eigenvalue weighted by Crippen LogP contribution is -2.08. The van der Waals surface area contributed by atoms with E-state index in [0.29, 0.717) is 0 Å². The first kappa shape index (κ1) is 12.5. The summed E-state index contributed by atoms with van der Waals surface area (Å²) in [7, 11) is 0. The highest BCUT2D eigenvalue weighted by atomic mass is 32.2. The summed E-state index contributed by atoms with van der Waals surface area (Å²) in [6, 6.07) is 5.78. The molecule has 1 rings (SSSR count). The SMILES string of the molecule is O=C(O)CCSC(=O)Nc1ccccc1F. The highest BCUT2D eigenvalue weighted by Gasteiger charge is 2.07. The van der Waals surface area contributed by atoms with Crippen LogP contribution in [0.1, 0.15) is 6.42 Å². The van der Waals surface area contributed by atoms with Gasteiger partial charge in [-0.2, -0.15) is 0 Å². The molecule has 6 heteroatoms. The molecule has 0 spiro atoms. The maximum atomic E-state index is 13.1. The van der Waals surface area contributed by atoms with Gasteiger partial charge in [0.15, 0.2) is 0 Å². The van der Waals surface area contributed by atoms with Gasteiger partial charge in [0.25, 0.3) is 5.24 Å². The summed E-state index contributed by atoms with van der Waals surface area (Å²) in [5.41, 5.74) is 0.0929. The van der Waals surface area contributed by atoms with Crippen LogP contribution in [0.15, 0.2) is 24.3 Å². The Morgan fingerprint density at radius 1 is 1.38 bits per heavy atom. The molecular formula is C10H10FNO3S. The zero-order valence-corrected chi connectivity index (χ0v) is 9.09. The van der Waals surface area contributed by atoms with Gasteiger partial charge in [-0.15, -0.1) is 0 Å². The third-order valence-corrected chi connectivity index (χ3v) is 2.43. The molecule has 0 aliphatic rings. The summed E-state index contributed by atoms with van der Waals surface area (Å²) >= 11 is 0.811. The van der Waals surface area contributed by atoms with Crippen molar-refractivity contribution in [1.29, 1.82) is 0 Å². The molecule has 1 amide bonds. The molecule has 0 atom stereocenters. The van der Waals surface area contributed by atoms with E-state index in [-0.39, 0.29) is 17.9 Å². The normalized spacial score (nSPS) is 9.81. The molecule has 0 aromatic heterocycles. The number of carboxylic acid groups (broad SMARTS) is 1. The molecule has 0 heterocycles. The van der Waals surface area contributed by atoms with Gasteiger partial charge in [0.05, 0.1) is 12.1 Å². The number of hydrogen-bond acceptors (Lipinski definition) is 3. The lowest BCUT2D eigenvalue weighted by molar-refractivity contribution is -0.136. The molecule has 0 aliphatic carbocycles. The topological polar surface area (TPSA) is 66.4 Å². The van der Waals surface area contributed by atoms with E-state index in [1.165, 1.54) is 18.2 Å². The molecule has 0 aliphatic heterocycles. The Morgan fingerprint density at radius 3 is 2.69 bits per heavy atom. The van der Waals surface area contributed by atoms with Crippen molar-refractivity contribution in [2.75, 3.05) is 11.1 Å². The standard InChI is InChI=1S/C10H10FNO3S/c11-7-3-1-2-4-8(7)12-10(15)16-6-5-9(13)14/h1-4H,5-6H2,(H,12,15)(H,13,14). The van der Waals surface area contributed by atoms with Crippen LogP contribution in [0, 0.1) is 5.82 Å². The zero-order valence-electron chi connectivity index (χ0n) is 8.27. The van der Waals surface area contributed by atoms with Crippen molar-refractivity contribution in [2.24, 2.45) is 0 Å². The van der Waals surface area contributed by atoms with Gasteiger partial charge < -0.3 is 10.4 Å². The first-order valence-electron chi connectivity index (χ1n) is 4.49. The Morgan fingerprint density at radius 2 is 2.06 bits per heavy atom. The number of rotatable bonds is 4. The Labute approximate surface area is 95.8 Å². The van der Waals surface area contributed by atoms with E-state index in [1.54, 1.807) is 6.07 Å². The lowest BCUT2D eigenvalue weighted by Gasteiger charge is -2.04. The number of hydrogen-bond donors (Lipinski definition) is 2. The van der Waals surface area contributed by atoms with Gasteiger partial charge in [0.2, 0.25) is 0 Å². The minimum atomic E-state index is -0.966. The second kappa shape index (κ2) is 6.12. The highest BCUT2D eigenvalue weighted by molar-refractivity contribution is 8.13. The van der Waals surface area contributed by atoms with E-state index in [4.69, 9.17) is 5.11 Å². The second-order valence-corrected chi connectivity index (χ2v) is 3.95. The molecular weight excluding hydrogens is 233 g/mol. The summed E-state index contributed by atoms with van der Waals surface area (Å²) in [5.74, 6) is -1.32. The Bertz CT molecular complexity index is 397. The van der Waals surface area contributed by atoms with E-state index in [0.717, 1.165) is 11.8 Å². The van der Waals surface area contributed by atoms with Gasteiger partial charge in [0.1, 0.15) is 5.82 Å². The van der Waals surface area contributed by atoms with Crippen LogP contribution in [0.2, 0.25) is 0 Å². The predicted molar refractivity (Wildman–Crippen MR) is 60.1 cm³/mol. The van der Waals surface area contributed by atoms with Crippen molar-refractivity contribution in [3.8, 4) is 0 Å². The molecule has 0 saturated carbocycles. The van der Waals surface area contributed by atoms with Crippen molar-refractivity contribution in [3.05, 3.63) is 30.1 Å². The summed E-state index contributed by atoms with van der Waals surface area (Å²) in [4.78, 5) is 21.4. The number of thioether (sulfide) groups is 1. The van der Waals surface area contributed by atoms with E-state index in [1.807, 2.05) is 0 Å². The Kier molecular flexibility index (Phi) is 4.78. The van der Waals surface area contributed by atoms with Gasteiger partial charge in [-0.25, -0.2) is 4.39 Å². The van der Waals surface area contributed by atoms with Crippen LogP contribution in [0.4, 0.5) is 14.9 Å². The monoisotopic (exact) mass is 243 g/mol. The summed E-state index contributed by atoms with van der Waals surface area (Å²) < 4.78 is 13.1. The predicted octanol–water partition coefficient (Wildman–Crippen LogP) is 2.57. The fourth-order valence-corrected chi connectivity index (χ4v) is 1.58. The molecule has 1 aromatic rings. The van der Waals surface area contributed by atoms with Crippen molar-refractivity contribution in [1.82, 2.24) is 0 Å². The van der Waals surface area contributed by atoms with Crippen LogP contribution in [0.25, 0.3) is 0 Å². The van der Waals surface area contributed by atoms with Crippen LogP contribution >= 0.6 is 11.8 Å². The molecule has 4 nitrogen and oxygen atoms in total. The van der Waals surface area contributed by atoms with Gasteiger partial charge >= 0.3 is 5.97 Å². The third kappa shape index (κ3) is 4.31. The number of aliphatic carboxylic acids is 1. The fourth-order valence-electron chi connectivity index (χ4n) is 0.940. The van der Waals surface area contributed by atoms with Crippen molar-refractivity contribution in [3.63, 3.8) is 0 Å². The Balaban J connectivity index is 2.40. The molecule has 86 valence electrons. The van der Waals surface area contributed by atoms with Crippen molar-refractivity contribution in [2.45, 2.75) is 6.42 Å². The fraction of sp³-hybridized carbons (Fsp3) is 0.200. The molecule has 16 heavy (non-hydrogen) atoms. The maximum absolute atomic E-state index is 13.1. The first-order chi connectivity index (χ1) is 7.59. The minimum absolute atomic E-state index is 0.0929. The number of carboxylic acids is 1. The maximum Gasteiger partial charge on any atom is 0.304 e. The highest BCUT2D eigenvalue weighted by Crippen LogP contribution is 2.15. The molecule has 0 saturated heterocycles. The lowest BCUT2D eigenvalue weighted by atomic mass is 10.3. The molecule has 2 N–H and O–H groups in total. The average Bonchev–Trinajstić information content (AvgIpc) is 2.21. The summed E-state index contributed by atoms with van der Waals surface area (Å²) in [6.45, 7) is 0. The number of para-hydroxylation sites is 1. The van der Waals surface area contributed by atoms with Crippen molar-refractivity contribution >= 4 is 28.7 Å². The van der Waals surface area contributed by atoms with Crippen LogP contribution in [0.5, 0.6) is 0 Å². The van der Waals surface area contributed by atoms with Gasteiger partial charge in [-0.05, 0) is 12.1 Å². The molecule has 0 bridgehead atoms. The smallest absolute Gasteiger partial charge is 0.304 e. The van der Waals surface area contributed by atoms with Crippen LogP contribution in [0.3, 0.4) is 0 Å². The average molecular weight is 243 g/mol. The largest absolute Gasteiger partial charge is 0.481 e. The van der Waals surface area contributed by atoms with E-state index in [9.17, 15) is 14.0 Å². The van der Waals surface area contributed by atoms with Gasteiger partial charge in [0, 0.05) is 5.75 Å². The molecule has 1 aromatic carbocycles. The van der Waals surface area contributed by atoms with Crippen LogP contribution in [-0.4, -0.2) is 22.1 Å². The van der Waals surface area contributed by atoms with Gasteiger partial charge in [-0.3, -0.25) is 9.59 Å². The Hall–Kier alpha value is -1.56. The molecule has 0 fully saturated rings. The van der Waals surface area contributed by atoms with Crippen LogP contribution < -0.4 is 5.32 Å². The number of benzene rings is 1.